The Kier molecular flexibility index (Phi) is 3.20. The van der Waals surface area contributed by atoms with Gasteiger partial charge in [-0.05, 0) is 31.2 Å². The van der Waals surface area contributed by atoms with E-state index in [0.717, 1.165) is 19.4 Å². The van der Waals surface area contributed by atoms with Gasteiger partial charge in [0.1, 0.15) is 11.5 Å². The molecule has 0 radical (unpaired) electrons. The predicted octanol–water partition coefficient (Wildman–Crippen LogP) is 1.91. The van der Waals surface area contributed by atoms with E-state index < -0.39 is 0 Å². The van der Waals surface area contributed by atoms with E-state index in [-0.39, 0.29) is 5.91 Å². The van der Waals surface area contributed by atoms with Crippen molar-refractivity contribution in [3.63, 3.8) is 0 Å². The summed E-state index contributed by atoms with van der Waals surface area (Å²) in [6.45, 7) is 0.850. The van der Waals surface area contributed by atoms with Crippen molar-refractivity contribution in [3.8, 4) is 11.5 Å². The van der Waals surface area contributed by atoms with Gasteiger partial charge in [0.15, 0.2) is 0 Å². The fraction of sp³-hybridized carbons (Fsp3) is 0.533. The summed E-state index contributed by atoms with van der Waals surface area (Å²) >= 11 is 0. The highest BCUT2D eigenvalue weighted by Crippen LogP contribution is 2.40. The van der Waals surface area contributed by atoms with Gasteiger partial charge < -0.3 is 20.1 Å². The zero-order chi connectivity index (χ0) is 14.3. The smallest absolute Gasteiger partial charge is 0.256 e. The van der Waals surface area contributed by atoms with Crippen LogP contribution in [0, 0.1) is 5.92 Å². The van der Waals surface area contributed by atoms with Gasteiger partial charge in [-0.2, -0.15) is 0 Å². The molecule has 1 amide bonds. The number of nitrogens with two attached hydrogens (primary N) is 1. The van der Waals surface area contributed by atoms with Crippen LogP contribution in [0.1, 0.15) is 29.6 Å². The van der Waals surface area contributed by atoms with Crippen molar-refractivity contribution in [1.82, 2.24) is 4.90 Å². The van der Waals surface area contributed by atoms with Crippen molar-refractivity contribution < 1.29 is 14.3 Å². The number of nitrogens with zero attached hydrogens (tertiary/aromatic N) is 1. The third-order valence-corrected chi connectivity index (χ3v) is 4.47. The number of hydrogen-bond donors (Lipinski definition) is 1. The molecule has 0 spiro atoms. The Morgan fingerprint density at radius 3 is 2.65 bits per heavy atom. The zero-order valence-electron chi connectivity index (χ0n) is 11.9. The number of ether oxygens (including phenoxy) is 2. The maximum absolute atomic E-state index is 12.7. The number of methoxy groups -OCH3 is 2. The number of likely N-dealkylation sites (tertiary alicyclic amines) is 1. The molecule has 1 saturated heterocycles. The van der Waals surface area contributed by atoms with Crippen LogP contribution in [0.3, 0.4) is 0 Å². The summed E-state index contributed by atoms with van der Waals surface area (Å²) in [6, 6.07) is 3.78. The Hall–Kier alpha value is -1.91. The van der Waals surface area contributed by atoms with E-state index in [0.29, 0.717) is 34.7 Å². The molecule has 5 nitrogen and oxygen atoms in total. The Morgan fingerprint density at radius 1 is 1.30 bits per heavy atom. The first-order valence-electron chi connectivity index (χ1n) is 6.96. The number of carbonyl (C=O) groups excluding carboxylic acids is 1. The number of anilines is 1. The zero-order valence-corrected chi connectivity index (χ0v) is 11.9. The monoisotopic (exact) mass is 276 g/mol. The van der Waals surface area contributed by atoms with Gasteiger partial charge in [0.05, 0.1) is 25.5 Å². The fourth-order valence-corrected chi connectivity index (χ4v) is 3.39. The fourth-order valence-electron chi connectivity index (χ4n) is 3.39. The van der Waals surface area contributed by atoms with Crippen molar-refractivity contribution in [2.24, 2.45) is 5.92 Å². The molecule has 2 atom stereocenters. The van der Waals surface area contributed by atoms with Crippen molar-refractivity contribution in [1.29, 1.82) is 0 Å². The van der Waals surface area contributed by atoms with Gasteiger partial charge >= 0.3 is 0 Å². The molecule has 3 rings (SSSR count). The summed E-state index contributed by atoms with van der Waals surface area (Å²) in [6.07, 6.45) is 3.48. The minimum absolute atomic E-state index is 0.00750. The maximum Gasteiger partial charge on any atom is 0.256 e. The van der Waals surface area contributed by atoms with Crippen LogP contribution in [-0.2, 0) is 0 Å². The van der Waals surface area contributed by atoms with Crippen molar-refractivity contribution in [2.45, 2.75) is 25.3 Å². The number of rotatable bonds is 3. The lowest BCUT2D eigenvalue weighted by molar-refractivity contribution is 0.0704. The van der Waals surface area contributed by atoms with Crippen molar-refractivity contribution >= 4 is 11.6 Å². The lowest BCUT2D eigenvalue weighted by Crippen LogP contribution is -2.38. The highest BCUT2D eigenvalue weighted by molar-refractivity contribution is 6.01. The molecule has 2 bridgehead atoms. The normalized spacial score (nSPS) is 24.0. The SMILES string of the molecule is COc1cc(OC)c(N)c(C(=O)N2CC3CCC2C3)c1. The first-order valence-corrected chi connectivity index (χ1v) is 6.96. The lowest BCUT2D eigenvalue weighted by atomic mass is 10.1. The van der Waals surface area contributed by atoms with Gasteiger partial charge in [-0.1, -0.05) is 0 Å². The standard InChI is InChI=1S/C15H20N2O3/c1-19-11-6-12(14(16)13(7-11)20-2)15(18)17-8-9-3-4-10(17)5-9/h6-7,9-10H,3-5,8,16H2,1-2H3. The van der Waals surface area contributed by atoms with E-state index in [9.17, 15) is 4.79 Å². The highest BCUT2D eigenvalue weighted by atomic mass is 16.5. The predicted molar refractivity (Wildman–Crippen MR) is 76.1 cm³/mol. The molecule has 2 N–H and O–H groups in total. The Bertz CT molecular complexity index is 544. The molecule has 1 aliphatic carbocycles. The van der Waals surface area contributed by atoms with Gasteiger partial charge in [0, 0.05) is 18.7 Å². The first kappa shape index (κ1) is 13.1. The minimum Gasteiger partial charge on any atom is -0.497 e. The summed E-state index contributed by atoms with van der Waals surface area (Å²) in [5.74, 6) is 1.73. The van der Waals surface area contributed by atoms with Crippen LogP contribution in [0.25, 0.3) is 0 Å². The van der Waals surface area contributed by atoms with Crippen LogP contribution in [0.5, 0.6) is 11.5 Å². The summed E-state index contributed by atoms with van der Waals surface area (Å²) in [5.41, 5.74) is 6.93. The van der Waals surface area contributed by atoms with Gasteiger partial charge in [-0.25, -0.2) is 0 Å². The van der Waals surface area contributed by atoms with Gasteiger partial charge in [0.2, 0.25) is 0 Å². The topological polar surface area (TPSA) is 64.8 Å². The molecule has 1 aromatic carbocycles. The van der Waals surface area contributed by atoms with E-state index in [4.69, 9.17) is 15.2 Å². The number of fused-ring (bicyclic) bond motifs is 2. The summed E-state index contributed by atoms with van der Waals surface area (Å²) < 4.78 is 10.4. The summed E-state index contributed by atoms with van der Waals surface area (Å²) in [7, 11) is 3.11. The van der Waals surface area contributed by atoms with E-state index in [1.807, 2.05) is 4.90 Å². The Morgan fingerprint density at radius 2 is 2.10 bits per heavy atom. The summed E-state index contributed by atoms with van der Waals surface area (Å²) in [4.78, 5) is 14.7. The second-order valence-corrected chi connectivity index (χ2v) is 5.58. The van der Waals surface area contributed by atoms with Crippen LogP contribution < -0.4 is 15.2 Å². The molecule has 5 heteroatoms. The van der Waals surface area contributed by atoms with Crippen LogP contribution in [0.4, 0.5) is 5.69 Å². The number of carbonyl (C=O) groups is 1. The van der Waals surface area contributed by atoms with Crippen molar-refractivity contribution in [2.75, 3.05) is 26.5 Å². The van der Waals surface area contributed by atoms with Crippen LogP contribution in [-0.4, -0.2) is 37.6 Å². The average molecular weight is 276 g/mol. The molecule has 20 heavy (non-hydrogen) atoms. The summed E-state index contributed by atoms with van der Waals surface area (Å²) in [5, 5.41) is 0. The van der Waals surface area contributed by atoms with Crippen molar-refractivity contribution in [3.05, 3.63) is 17.7 Å². The quantitative estimate of drug-likeness (QED) is 0.856. The molecule has 108 valence electrons. The largest absolute Gasteiger partial charge is 0.497 e. The minimum atomic E-state index is -0.00750. The van der Waals surface area contributed by atoms with Gasteiger partial charge in [-0.3, -0.25) is 4.79 Å². The number of nitrogen functional groups attached to an aromatic ring is 1. The highest BCUT2D eigenvalue weighted by Gasteiger charge is 2.41. The van der Waals surface area contributed by atoms with Crippen LogP contribution in [0.2, 0.25) is 0 Å². The maximum atomic E-state index is 12.7. The molecule has 1 saturated carbocycles. The number of benzene rings is 1. The number of hydrogen-bond acceptors (Lipinski definition) is 4. The van der Waals surface area contributed by atoms with Gasteiger partial charge in [0.25, 0.3) is 5.91 Å². The van der Waals surface area contributed by atoms with Gasteiger partial charge in [-0.15, -0.1) is 0 Å². The molecule has 2 aliphatic rings. The second-order valence-electron chi connectivity index (χ2n) is 5.58. The molecular formula is C15H20N2O3. The molecule has 1 aliphatic heterocycles. The first-order chi connectivity index (χ1) is 9.63. The number of piperidine rings is 1. The lowest BCUT2D eigenvalue weighted by Gasteiger charge is -2.27. The Labute approximate surface area is 118 Å². The average Bonchev–Trinajstić information content (AvgIpc) is 3.09. The Balaban J connectivity index is 1.94. The molecule has 2 fully saturated rings. The third-order valence-electron chi connectivity index (χ3n) is 4.47. The van der Waals surface area contributed by atoms with E-state index in [1.54, 1.807) is 19.2 Å². The molecule has 1 aromatic rings. The van der Waals surface area contributed by atoms with Crippen LogP contribution in [0.15, 0.2) is 12.1 Å². The molecule has 0 aromatic heterocycles. The van der Waals surface area contributed by atoms with E-state index in [2.05, 4.69) is 0 Å². The third kappa shape index (κ3) is 1.97. The van der Waals surface area contributed by atoms with Crippen LogP contribution >= 0.6 is 0 Å². The molecule has 1 heterocycles. The van der Waals surface area contributed by atoms with E-state index >= 15 is 0 Å². The number of amides is 1. The molecule has 2 unspecified atom stereocenters. The van der Waals surface area contributed by atoms with E-state index in [1.165, 1.54) is 13.5 Å². The second kappa shape index (κ2) is 4.89. The molecular weight excluding hydrogens is 256 g/mol.